The highest BCUT2D eigenvalue weighted by molar-refractivity contribution is 7.89. The lowest BCUT2D eigenvalue weighted by atomic mass is 10.1. The summed E-state index contributed by atoms with van der Waals surface area (Å²) < 4.78 is 53.7. The highest BCUT2D eigenvalue weighted by Crippen LogP contribution is 2.34. The zero-order valence-corrected chi connectivity index (χ0v) is 20.9. The molecule has 0 bridgehead atoms. The SMILES string of the molecule is COc1cc(-c2nc3occn3c2-c2ccnc(NCCNS(=O)(=O)c3ccc(Cl)cc3)n2)ccc1F. The van der Waals surface area contributed by atoms with Crippen LogP contribution in [0.3, 0.4) is 0 Å². The van der Waals surface area contributed by atoms with Crippen molar-refractivity contribution in [3.05, 3.63) is 78.0 Å². The molecule has 3 heterocycles. The fourth-order valence-electron chi connectivity index (χ4n) is 3.67. The monoisotopic (exact) mass is 542 g/mol. The van der Waals surface area contributed by atoms with Crippen LogP contribution in [0.1, 0.15) is 0 Å². The quantitative estimate of drug-likeness (QED) is 0.265. The Hall–Kier alpha value is -4.00. The lowest BCUT2D eigenvalue weighted by molar-refractivity contribution is 0.387. The summed E-state index contributed by atoms with van der Waals surface area (Å²) in [5.74, 6) is 0.206. The van der Waals surface area contributed by atoms with E-state index in [9.17, 15) is 12.8 Å². The van der Waals surface area contributed by atoms with Crippen LogP contribution in [0.4, 0.5) is 10.3 Å². The van der Waals surface area contributed by atoms with Gasteiger partial charge in [-0.15, -0.1) is 0 Å². The maximum Gasteiger partial charge on any atom is 0.306 e. The van der Waals surface area contributed by atoms with Gasteiger partial charge in [0.05, 0.1) is 17.7 Å². The van der Waals surface area contributed by atoms with Gasteiger partial charge in [0.25, 0.3) is 0 Å². The van der Waals surface area contributed by atoms with Crippen molar-refractivity contribution < 1.29 is 22.0 Å². The molecule has 0 radical (unpaired) electrons. The zero-order valence-electron chi connectivity index (χ0n) is 19.4. The van der Waals surface area contributed by atoms with E-state index in [2.05, 4.69) is 25.0 Å². The molecule has 10 nitrogen and oxygen atoms in total. The number of hydrogen-bond acceptors (Lipinski definition) is 8. The number of oxazole rings is 1. The largest absolute Gasteiger partial charge is 0.494 e. The van der Waals surface area contributed by atoms with Crippen molar-refractivity contribution in [2.45, 2.75) is 4.90 Å². The molecule has 0 amide bonds. The fourth-order valence-corrected chi connectivity index (χ4v) is 4.83. The maximum absolute atomic E-state index is 14.0. The summed E-state index contributed by atoms with van der Waals surface area (Å²) in [7, 11) is -2.30. The van der Waals surface area contributed by atoms with Gasteiger partial charge in [-0.1, -0.05) is 11.6 Å². The molecule has 190 valence electrons. The Kier molecular flexibility index (Phi) is 6.78. The second-order valence-electron chi connectivity index (χ2n) is 7.76. The Labute approximate surface area is 216 Å². The van der Waals surface area contributed by atoms with Crippen molar-refractivity contribution in [3.63, 3.8) is 0 Å². The Balaban J connectivity index is 1.36. The molecule has 0 spiro atoms. The number of aromatic nitrogens is 4. The van der Waals surface area contributed by atoms with Crippen molar-refractivity contribution in [3.8, 4) is 28.4 Å². The third-order valence-corrected chi connectivity index (χ3v) is 7.14. The molecular formula is C24H20ClFN6O4S. The minimum atomic E-state index is -3.69. The van der Waals surface area contributed by atoms with Gasteiger partial charge in [-0.2, -0.15) is 4.98 Å². The molecule has 0 fully saturated rings. The molecule has 13 heteroatoms. The number of ether oxygens (including phenoxy) is 1. The molecule has 0 aliphatic heterocycles. The molecule has 0 saturated carbocycles. The summed E-state index contributed by atoms with van der Waals surface area (Å²) >= 11 is 5.83. The van der Waals surface area contributed by atoms with Gasteiger partial charge >= 0.3 is 5.84 Å². The summed E-state index contributed by atoms with van der Waals surface area (Å²) in [5, 5.41) is 3.46. The molecule has 2 N–H and O–H groups in total. The highest BCUT2D eigenvalue weighted by Gasteiger charge is 2.21. The predicted octanol–water partition coefficient (Wildman–Crippen LogP) is 4.24. The average Bonchev–Trinajstić information content (AvgIpc) is 3.49. The summed E-state index contributed by atoms with van der Waals surface area (Å²) in [6, 6.07) is 12.0. The summed E-state index contributed by atoms with van der Waals surface area (Å²) in [6.45, 7) is 0.323. The number of fused-ring (bicyclic) bond motifs is 1. The molecule has 0 atom stereocenters. The molecule has 5 rings (SSSR count). The Bertz CT molecular complexity index is 1670. The van der Waals surface area contributed by atoms with Crippen LogP contribution in [-0.4, -0.2) is 48.0 Å². The highest BCUT2D eigenvalue weighted by atomic mass is 35.5. The minimum absolute atomic E-state index is 0.0826. The standard InChI is InChI=1S/C24H20ClFN6O4S/c1-35-20-14-15(2-7-18(20)26)21-22(32-12-13-36-24(32)31-21)19-8-9-27-23(30-19)28-10-11-29-37(33,34)17-5-3-16(25)4-6-17/h2-9,12-14,29H,10-11H2,1H3,(H,27,28,30). The first-order valence-electron chi connectivity index (χ1n) is 11.0. The second kappa shape index (κ2) is 10.2. The molecule has 0 saturated heterocycles. The predicted molar refractivity (Wildman–Crippen MR) is 136 cm³/mol. The Morgan fingerprint density at radius 1 is 1.11 bits per heavy atom. The Morgan fingerprint density at radius 3 is 2.70 bits per heavy atom. The van der Waals surface area contributed by atoms with E-state index < -0.39 is 15.8 Å². The molecular weight excluding hydrogens is 523 g/mol. The van der Waals surface area contributed by atoms with Crippen molar-refractivity contribution in [2.75, 3.05) is 25.5 Å². The van der Waals surface area contributed by atoms with Gasteiger partial charge in [-0.25, -0.2) is 27.5 Å². The van der Waals surface area contributed by atoms with E-state index in [-0.39, 0.29) is 29.7 Å². The zero-order chi connectivity index (χ0) is 26.0. The second-order valence-corrected chi connectivity index (χ2v) is 9.96. The van der Waals surface area contributed by atoms with Crippen molar-refractivity contribution >= 4 is 33.4 Å². The Morgan fingerprint density at radius 2 is 1.92 bits per heavy atom. The van der Waals surface area contributed by atoms with E-state index in [0.29, 0.717) is 33.5 Å². The van der Waals surface area contributed by atoms with Crippen LogP contribution in [0.25, 0.3) is 28.5 Å². The van der Waals surface area contributed by atoms with Crippen LogP contribution in [0.5, 0.6) is 5.75 Å². The lowest BCUT2D eigenvalue weighted by Gasteiger charge is -2.10. The number of anilines is 1. The molecule has 0 aliphatic carbocycles. The molecule has 0 aliphatic rings. The molecule has 0 unspecified atom stereocenters. The number of methoxy groups -OCH3 is 1. The van der Waals surface area contributed by atoms with Crippen LogP contribution in [-0.2, 0) is 10.0 Å². The van der Waals surface area contributed by atoms with E-state index in [1.165, 1.54) is 43.7 Å². The van der Waals surface area contributed by atoms with E-state index in [4.69, 9.17) is 20.8 Å². The number of imidazole rings is 1. The first-order chi connectivity index (χ1) is 17.9. The van der Waals surface area contributed by atoms with Gasteiger partial charge in [0.1, 0.15) is 17.7 Å². The number of rotatable bonds is 9. The number of benzene rings is 2. The first kappa shape index (κ1) is 24.7. The number of sulfonamides is 1. The summed E-state index contributed by atoms with van der Waals surface area (Å²) in [6.07, 6.45) is 4.76. The number of halogens is 2. The van der Waals surface area contributed by atoms with Gasteiger partial charge in [0.2, 0.25) is 16.0 Å². The number of nitrogens with one attached hydrogen (secondary N) is 2. The lowest BCUT2D eigenvalue weighted by Crippen LogP contribution is -2.29. The van der Waals surface area contributed by atoms with Crippen LogP contribution in [0.15, 0.2) is 76.5 Å². The average molecular weight is 543 g/mol. The van der Waals surface area contributed by atoms with Crippen LogP contribution in [0.2, 0.25) is 5.02 Å². The molecule has 5 aromatic rings. The maximum atomic E-state index is 14.0. The smallest absolute Gasteiger partial charge is 0.306 e. The van der Waals surface area contributed by atoms with Gasteiger partial charge < -0.3 is 14.5 Å². The van der Waals surface area contributed by atoms with E-state index in [0.717, 1.165) is 0 Å². The van der Waals surface area contributed by atoms with Crippen molar-refractivity contribution in [1.29, 1.82) is 0 Å². The fraction of sp³-hybridized carbons (Fsp3) is 0.125. The third-order valence-electron chi connectivity index (χ3n) is 5.41. The van der Waals surface area contributed by atoms with Crippen molar-refractivity contribution in [1.82, 2.24) is 24.1 Å². The molecule has 2 aromatic carbocycles. The normalized spacial score (nSPS) is 11.6. The van der Waals surface area contributed by atoms with E-state index >= 15 is 0 Å². The van der Waals surface area contributed by atoms with E-state index in [1.807, 2.05) is 0 Å². The molecule has 3 aromatic heterocycles. The summed E-state index contributed by atoms with van der Waals surface area (Å²) in [5.41, 5.74) is 2.24. The third kappa shape index (κ3) is 5.12. The van der Waals surface area contributed by atoms with Crippen molar-refractivity contribution in [2.24, 2.45) is 0 Å². The minimum Gasteiger partial charge on any atom is -0.494 e. The summed E-state index contributed by atoms with van der Waals surface area (Å²) in [4.78, 5) is 13.5. The van der Waals surface area contributed by atoms with Gasteiger partial charge in [-0.05, 0) is 48.5 Å². The number of hydrogen-bond donors (Lipinski definition) is 2. The van der Waals surface area contributed by atoms with Crippen LogP contribution in [0, 0.1) is 5.82 Å². The number of nitrogens with zero attached hydrogens (tertiary/aromatic N) is 4. The molecule has 37 heavy (non-hydrogen) atoms. The van der Waals surface area contributed by atoms with Gasteiger partial charge in [-0.3, -0.25) is 4.40 Å². The topological polar surface area (TPSA) is 124 Å². The van der Waals surface area contributed by atoms with Gasteiger partial charge in [0, 0.05) is 36.1 Å². The van der Waals surface area contributed by atoms with E-state index in [1.54, 1.807) is 35.0 Å². The van der Waals surface area contributed by atoms with Gasteiger partial charge in [0.15, 0.2) is 11.6 Å². The van der Waals surface area contributed by atoms with Crippen LogP contribution >= 0.6 is 11.6 Å². The first-order valence-corrected chi connectivity index (χ1v) is 12.8. The van der Waals surface area contributed by atoms with Crippen LogP contribution < -0.4 is 14.8 Å².